The van der Waals surface area contributed by atoms with Crippen LogP contribution in [-0.2, 0) is 12.8 Å². The van der Waals surface area contributed by atoms with Gasteiger partial charge in [0.25, 0.3) is 0 Å². The van der Waals surface area contributed by atoms with Gasteiger partial charge in [-0.1, -0.05) is 39.0 Å². The minimum Gasteiger partial charge on any atom is -0.330 e. The molecular formula is C16H23N3. The summed E-state index contributed by atoms with van der Waals surface area (Å²) in [5.41, 5.74) is 10.5. The van der Waals surface area contributed by atoms with Gasteiger partial charge in [-0.15, -0.1) is 0 Å². The van der Waals surface area contributed by atoms with Crippen LogP contribution < -0.4 is 5.73 Å². The maximum absolute atomic E-state index is 5.64. The summed E-state index contributed by atoms with van der Waals surface area (Å²) in [6.07, 6.45) is 1.85. The van der Waals surface area contributed by atoms with E-state index in [0.717, 1.165) is 18.5 Å². The second-order valence-corrected chi connectivity index (χ2v) is 5.15. The summed E-state index contributed by atoms with van der Waals surface area (Å²) in [7, 11) is 0. The third kappa shape index (κ3) is 2.87. The van der Waals surface area contributed by atoms with E-state index in [-0.39, 0.29) is 0 Å². The monoisotopic (exact) mass is 257 g/mol. The van der Waals surface area contributed by atoms with Gasteiger partial charge in [0, 0.05) is 12.1 Å². The van der Waals surface area contributed by atoms with Gasteiger partial charge < -0.3 is 5.73 Å². The lowest BCUT2D eigenvalue weighted by Crippen LogP contribution is -2.07. The van der Waals surface area contributed by atoms with Gasteiger partial charge >= 0.3 is 0 Å². The van der Waals surface area contributed by atoms with Crippen molar-refractivity contribution in [2.45, 2.75) is 39.5 Å². The Bertz CT molecular complexity index is 541. The van der Waals surface area contributed by atoms with E-state index in [1.807, 2.05) is 0 Å². The molecule has 0 atom stereocenters. The molecule has 19 heavy (non-hydrogen) atoms. The predicted molar refractivity (Wildman–Crippen MR) is 79.8 cm³/mol. The van der Waals surface area contributed by atoms with Crippen LogP contribution >= 0.6 is 0 Å². The number of aromatic nitrogens is 2. The van der Waals surface area contributed by atoms with Gasteiger partial charge in [0.1, 0.15) is 0 Å². The van der Waals surface area contributed by atoms with E-state index in [2.05, 4.69) is 55.8 Å². The highest BCUT2D eigenvalue weighted by molar-refractivity contribution is 5.42. The first kappa shape index (κ1) is 13.8. The molecule has 0 aliphatic rings. The maximum atomic E-state index is 5.64. The lowest BCUT2D eigenvalue weighted by atomic mass is 10.1. The van der Waals surface area contributed by atoms with E-state index in [1.165, 1.54) is 16.9 Å². The SMILES string of the molecule is CCc1ccccc1-n1nc(CCN)cc1C(C)C. The van der Waals surface area contributed by atoms with Crippen molar-refractivity contribution in [3.63, 3.8) is 0 Å². The standard InChI is InChI=1S/C16H23N3/c1-4-13-7-5-6-8-15(13)19-16(12(2)3)11-14(18-19)9-10-17/h5-8,11-12H,4,9-10,17H2,1-3H3. The summed E-state index contributed by atoms with van der Waals surface area (Å²) in [6.45, 7) is 7.23. The number of nitrogens with zero attached hydrogens (tertiary/aromatic N) is 2. The highest BCUT2D eigenvalue weighted by Crippen LogP contribution is 2.23. The van der Waals surface area contributed by atoms with Crippen molar-refractivity contribution in [3.05, 3.63) is 47.3 Å². The molecule has 2 rings (SSSR count). The molecule has 1 aromatic heterocycles. The molecule has 2 aromatic rings. The van der Waals surface area contributed by atoms with Crippen molar-refractivity contribution >= 4 is 0 Å². The maximum Gasteiger partial charge on any atom is 0.0680 e. The molecule has 0 saturated heterocycles. The summed E-state index contributed by atoms with van der Waals surface area (Å²) in [6, 6.07) is 10.7. The average molecular weight is 257 g/mol. The molecule has 3 heteroatoms. The molecule has 0 unspecified atom stereocenters. The quantitative estimate of drug-likeness (QED) is 0.894. The van der Waals surface area contributed by atoms with Crippen LogP contribution in [0.2, 0.25) is 0 Å². The molecule has 0 fully saturated rings. The molecule has 2 N–H and O–H groups in total. The van der Waals surface area contributed by atoms with Crippen LogP contribution in [-0.4, -0.2) is 16.3 Å². The number of para-hydroxylation sites is 1. The second kappa shape index (κ2) is 6.02. The molecule has 1 heterocycles. The fraction of sp³-hybridized carbons (Fsp3) is 0.438. The van der Waals surface area contributed by atoms with E-state index in [4.69, 9.17) is 10.8 Å². The number of benzene rings is 1. The van der Waals surface area contributed by atoms with Crippen molar-refractivity contribution < 1.29 is 0 Å². The summed E-state index contributed by atoms with van der Waals surface area (Å²) in [5.74, 6) is 0.448. The first-order valence-corrected chi connectivity index (χ1v) is 7.04. The smallest absolute Gasteiger partial charge is 0.0680 e. The molecule has 0 bridgehead atoms. The normalized spacial score (nSPS) is 11.2. The number of hydrogen-bond donors (Lipinski definition) is 1. The molecule has 0 radical (unpaired) electrons. The van der Waals surface area contributed by atoms with Crippen molar-refractivity contribution in [2.24, 2.45) is 5.73 Å². The molecule has 0 aliphatic heterocycles. The van der Waals surface area contributed by atoms with Crippen LogP contribution in [0, 0.1) is 0 Å². The predicted octanol–water partition coefficient (Wildman–Crippen LogP) is 3.06. The number of nitrogens with two attached hydrogens (primary N) is 1. The molecule has 0 spiro atoms. The van der Waals surface area contributed by atoms with Crippen LogP contribution in [0.15, 0.2) is 30.3 Å². The van der Waals surface area contributed by atoms with Crippen molar-refractivity contribution in [1.29, 1.82) is 0 Å². The number of hydrogen-bond acceptors (Lipinski definition) is 2. The first-order valence-electron chi connectivity index (χ1n) is 7.04. The van der Waals surface area contributed by atoms with Gasteiger partial charge in [0.05, 0.1) is 11.4 Å². The first-order chi connectivity index (χ1) is 9.17. The summed E-state index contributed by atoms with van der Waals surface area (Å²) < 4.78 is 2.09. The average Bonchev–Trinajstić information content (AvgIpc) is 2.83. The summed E-state index contributed by atoms with van der Waals surface area (Å²) in [4.78, 5) is 0. The third-order valence-electron chi connectivity index (χ3n) is 3.38. The minimum atomic E-state index is 0.448. The Balaban J connectivity index is 2.53. The Kier molecular flexibility index (Phi) is 4.38. The second-order valence-electron chi connectivity index (χ2n) is 5.15. The largest absolute Gasteiger partial charge is 0.330 e. The fourth-order valence-corrected chi connectivity index (χ4v) is 2.34. The van der Waals surface area contributed by atoms with Gasteiger partial charge in [-0.05, 0) is 36.6 Å². The molecule has 102 valence electrons. The van der Waals surface area contributed by atoms with E-state index < -0.39 is 0 Å². The lowest BCUT2D eigenvalue weighted by Gasteiger charge is -2.13. The Morgan fingerprint density at radius 2 is 2.00 bits per heavy atom. The molecular weight excluding hydrogens is 234 g/mol. The van der Waals surface area contributed by atoms with Crippen molar-refractivity contribution in [3.8, 4) is 5.69 Å². The Morgan fingerprint density at radius 1 is 1.26 bits per heavy atom. The zero-order chi connectivity index (χ0) is 13.8. The zero-order valence-electron chi connectivity index (χ0n) is 12.1. The van der Waals surface area contributed by atoms with Crippen LogP contribution in [0.5, 0.6) is 0 Å². The van der Waals surface area contributed by atoms with Gasteiger partial charge in [-0.3, -0.25) is 0 Å². The van der Waals surface area contributed by atoms with Crippen LogP contribution in [0.25, 0.3) is 5.69 Å². The topological polar surface area (TPSA) is 43.8 Å². The summed E-state index contributed by atoms with van der Waals surface area (Å²) >= 11 is 0. The molecule has 0 saturated carbocycles. The third-order valence-corrected chi connectivity index (χ3v) is 3.38. The van der Waals surface area contributed by atoms with E-state index in [1.54, 1.807) is 0 Å². The van der Waals surface area contributed by atoms with Crippen molar-refractivity contribution in [2.75, 3.05) is 6.54 Å². The zero-order valence-corrected chi connectivity index (χ0v) is 12.1. The molecule has 1 aromatic carbocycles. The Labute approximate surface area is 115 Å². The minimum absolute atomic E-state index is 0.448. The Hall–Kier alpha value is -1.61. The number of rotatable bonds is 5. The van der Waals surface area contributed by atoms with Crippen LogP contribution in [0.1, 0.15) is 43.6 Å². The van der Waals surface area contributed by atoms with E-state index in [9.17, 15) is 0 Å². The van der Waals surface area contributed by atoms with Gasteiger partial charge in [-0.2, -0.15) is 5.10 Å². The number of aryl methyl sites for hydroxylation is 1. The Morgan fingerprint density at radius 3 is 2.63 bits per heavy atom. The van der Waals surface area contributed by atoms with Gasteiger partial charge in [-0.25, -0.2) is 4.68 Å². The molecule has 0 amide bonds. The summed E-state index contributed by atoms with van der Waals surface area (Å²) in [5, 5.41) is 4.74. The lowest BCUT2D eigenvalue weighted by molar-refractivity contribution is 0.720. The fourth-order valence-electron chi connectivity index (χ4n) is 2.34. The van der Waals surface area contributed by atoms with Crippen molar-refractivity contribution in [1.82, 2.24) is 9.78 Å². The van der Waals surface area contributed by atoms with Gasteiger partial charge in [0.2, 0.25) is 0 Å². The highest BCUT2D eigenvalue weighted by atomic mass is 15.3. The molecule has 0 aliphatic carbocycles. The van der Waals surface area contributed by atoms with Crippen LogP contribution in [0.3, 0.4) is 0 Å². The van der Waals surface area contributed by atoms with E-state index in [0.29, 0.717) is 12.5 Å². The highest BCUT2D eigenvalue weighted by Gasteiger charge is 2.14. The molecule has 3 nitrogen and oxygen atoms in total. The van der Waals surface area contributed by atoms with Crippen LogP contribution in [0.4, 0.5) is 0 Å². The van der Waals surface area contributed by atoms with Gasteiger partial charge in [0.15, 0.2) is 0 Å². The van der Waals surface area contributed by atoms with E-state index >= 15 is 0 Å².